The number of rotatable bonds is 5. The highest BCUT2D eigenvalue weighted by Crippen LogP contribution is 2.23. The van der Waals surface area contributed by atoms with Crippen LogP contribution in [-0.4, -0.2) is 17.6 Å². The monoisotopic (exact) mass is 307 g/mol. The molecule has 0 unspecified atom stereocenters. The Kier molecular flexibility index (Phi) is 4.81. The Hall–Kier alpha value is -2.07. The Morgan fingerprint density at radius 2 is 2.05 bits per heavy atom. The van der Waals surface area contributed by atoms with E-state index < -0.39 is 5.97 Å². The van der Waals surface area contributed by atoms with Crippen LogP contribution in [-0.2, 0) is 6.42 Å². The van der Waals surface area contributed by atoms with Crippen LogP contribution in [0, 0.1) is 12.7 Å². The lowest BCUT2D eigenvalue weighted by molar-refractivity contribution is 0.0697. The minimum Gasteiger partial charge on any atom is -0.478 e. The number of benzene rings is 2. The van der Waals surface area contributed by atoms with Gasteiger partial charge in [0.05, 0.1) is 16.3 Å². The highest BCUT2D eigenvalue weighted by atomic mass is 35.5. The zero-order valence-corrected chi connectivity index (χ0v) is 12.2. The van der Waals surface area contributed by atoms with E-state index in [1.807, 2.05) is 6.92 Å². The minimum atomic E-state index is -1.01. The Morgan fingerprint density at radius 3 is 2.67 bits per heavy atom. The molecule has 0 fully saturated rings. The van der Waals surface area contributed by atoms with Crippen molar-refractivity contribution in [2.75, 3.05) is 11.9 Å². The van der Waals surface area contributed by atoms with E-state index in [0.29, 0.717) is 17.3 Å². The third-order valence-electron chi connectivity index (χ3n) is 3.23. The van der Waals surface area contributed by atoms with E-state index >= 15 is 0 Å². The molecule has 0 heterocycles. The van der Waals surface area contributed by atoms with Gasteiger partial charge in [0.1, 0.15) is 5.82 Å². The molecule has 0 aliphatic heterocycles. The predicted octanol–water partition coefficient (Wildman–Crippen LogP) is 4.14. The molecule has 110 valence electrons. The van der Waals surface area contributed by atoms with Crippen LogP contribution in [0.25, 0.3) is 0 Å². The molecule has 5 heteroatoms. The van der Waals surface area contributed by atoms with Crippen molar-refractivity contribution in [1.29, 1.82) is 0 Å². The summed E-state index contributed by atoms with van der Waals surface area (Å²) in [6, 6.07) is 9.26. The van der Waals surface area contributed by atoms with Gasteiger partial charge in [0, 0.05) is 6.54 Å². The molecule has 21 heavy (non-hydrogen) atoms. The molecule has 0 aliphatic carbocycles. The zero-order valence-electron chi connectivity index (χ0n) is 11.5. The lowest BCUT2D eigenvalue weighted by Gasteiger charge is -2.10. The molecule has 2 aromatic carbocycles. The first-order valence-corrected chi connectivity index (χ1v) is 6.87. The normalized spacial score (nSPS) is 10.4. The average molecular weight is 308 g/mol. The largest absolute Gasteiger partial charge is 0.478 e. The fraction of sp³-hybridized carbons (Fsp3) is 0.188. The van der Waals surface area contributed by atoms with Crippen molar-refractivity contribution in [2.45, 2.75) is 13.3 Å². The van der Waals surface area contributed by atoms with Gasteiger partial charge in [0.25, 0.3) is 0 Å². The number of aryl methyl sites for hydroxylation is 1. The lowest BCUT2D eigenvalue weighted by atomic mass is 10.1. The van der Waals surface area contributed by atoms with Gasteiger partial charge in [0.15, 0.2) is 0 Å². The quantitative estimate of drug-likeness (QED) is 0.873. The molecule has 0 atom stereocenters. The van der Waals surface area contributed by atoms with Crippen molar-refractivity contribution in [2.24, 2.45) is 0 Å². The van der Waals surface area contributed by atoms with Crippen LogP contribution in [0.4, 0.5) is 10.1 Å². The zero-order chi connectivity index (χ0) is 15.4. The second kappa shape index (κ2) is 6.59. The maximum absolute atomic E-state index is 13.0. The van der Waals surface area contributed by atoms with Crippen molar-refractivity contribution in [3.05, 3.63) is 63.9 Å². The van der Waals surface area contributed by atoms with E-state index in [9.17, 15) is 9.18 Å². The predicted molar refractivity (Wildman–Crippen MR) is 81.7 cm³/mol. The summed E-state index contributed by atoms with van der Waals surface area (Å²) in [4.78, 5) is 10.8. The van der Waals surface area contributed by atoms with Gasteiger partial charge in [-0.05, 0) is 54.8 Å². The van der Waals surface area contributed by atoms with Crippen LogP contribution in [0.5, 0.6) is 0 Å². The summed E-state index contributed by atoms with van der Waals surface area (Å²) in [5.74, 6) is -1.25. The average Bonchev–Trinajstić information content (AvgIpc) is 2.42. The second-order valence-corrected chi connectivity index (χ2v) is 5.15. The molecule has 0 spiro atoms. The van der Waals surface area contributed by atoms with Crippen LogP contribution < -0.4 is 5.32 Å². The molecule has 0 aromatic heterocycles. The van der Waals surface area contributed by atoms with Crippen LogP contribution in [0.1, 0.15) is 21.5 Å². The molecule has 3 nitrogen and oxygen atoms in total. The topological polar surface area (TPSA) is 49.3 Å². The van der Waals surface area contributed by atoms with Crippen LogP contribution in [0.2, 0.25) is 5.02 Å². The fourth-order valence-corrected chi connectivity index (χ4v) is 2.31. The third-order valence-corrected chi connectivity index (χ3v) is 3.54. The second-order valence-electron chi connectivity index (χ2n) is 4.75. The van der Waals surface area contributed by atoms with Crippen molar-refractivity contribution < 1.29 is 14.3 Å². The van der Waals surface area contributed by atoms with Crippen LogP contribution >= 0.6 is 11.6 Å². The third kappa shape index (κ3) is 3.95. The first-order valence-electron chi connectivity index (χ1n) is 6.49. The number of halogens is 2. The van der Waals surface area contributed by atoms with Gasteiger partial charge >= 0.3 is 5.97 Å². The Bertz CT molecular complexity index is 673. The van der Waals surface area contributed by atoms with Gasteiger partial charge in [-0.2, -0.15) is 0 Å². The molecule has 0 saturated carbocycles. The highest BCUT2D eigenvalue weighted by Gasteiger charge is 2.07. The van der Waals surface area contributed by atoms with E-state index in [4.69, 9.17) is 16.7 Å². The van der Waals surface area contributed by atoms with Gasteiger partial charge < -0.3 is 10.4 Å². The molecule has 2 N–H and O–H groups in total. The summed E-state index contributed by atoms with van der Waals surface area (Å²) in [6.07, 6.45) is 0.725. The summed E-state index contributed by atoms with van der Waals surface area (Å²) in [5.41, 5.74) is 2.80. The van der Waals surface area contributed by atoms with E-state index in [0.717, 1.165) is 17.5 Å². The number of anilines is 1. The summed E-state index contributed by atoms with van der Waals surface area (Å²) < 4.78 is 13.0. The Balaban J connectivity index is 1.99. The summed E-state index contributed by atoms with van der Waals surface area (Å²) >= 11 is 6.03. The van der Waals surface area contributed by atoms with Gasteiger partial charge in [-0.15, -0.1) is 0 Å². The van der Waals surface area contributed by atoms with Crippen molar-refractivity contribution in [1.82, 2.24) is 0 Å². The number of carbonyl (C=O) groups is 1. The van der Waals surface area contributed by atoms with Gasteiger partial charge in [-0.3, -0.25) is 0 Å². The van der Waals surface area contributed by atoms with Gasteiger partial charge in [0.2, 0.25) is 0 Å². The maximum atomic E-state index is 13.0. The standard InChI is InChI=1S/C16H15ClFNO2/c1-10-8-13(18)4-2-11(10)6-7-19-15-5-3-12(16(20)21)9-14(15)17/h2-5,8-9,19H,6-7H2,1H3,(H,20,21). The first kappa shape index (κ1) is 15.3. The van der Waals surface area contributed by atoms with Crippen molar-refractivity contribution in [3.8, 4) is 0 Å². The molecule has 2 aromatic rings. The van der Waals surface area contributed by atoms with Crippen LogP contribution in [0.15, 0.2) is 36.4 Å². The van der Waals surface area contributed by atoms with Gasteiger partial charge in [-0.25, -0.2) is 9.18 Å². The van der Waals surface area contributed by atoms with Gasteiger partial charge in [-0.1, -0.05) is 17.7 Å². The number of nitrogens with one attached hydrogen (secondary N) is 1. The molecule has 0 saturated heterocycles. The summed E-state index contributed by atoms with van der Waals surface area (Å²) in [5, 5.41) is 12.4. The minimum absolute atomic E-state index is 0.153. The van der Waals surface area contributed by atoms with Crippen molar-refractivity contribution >= 4 is 23.3 Å². The summed E-state index contributed by atoms with van der Waals surface area (Å²) in [6.45, 7) is 2.49. The maximum Gasteiger partial charge on any atom is 0.335 e. The highest BCUT2D eigenvalue weighted by molar-refractivity contribution is 6.33. The van der Waals surface area contributed by atoms with E-state index in [2.05, 4.69) is 5.32 Å². The van der Waals surface area contributed by atoms with Crippen LogP contribution in [0.3, 0.4) is 0 Å². The Labute approximate surface area is 127 Å². The number of aromatic carboxylic acids is 1. The molecule has 2 rings (SSSR count). The first-order chi connectivity index (χ1) is 9.97. The van der Waals surface area contributed by atoms with E-state index in [1.54, 1.807) is 12.1 Å². The molecular formula is C16H15ClFNO2. The number of hydrogen-bond acceptors (Lipinski definition) is 2. The Morgan fingerprint density at radius 1 is 1.29 bits per heavy atom. The van der Waals surface area contributed by atoms with E-state index in [1.165, 1.54) is 24.3 Å². The van der Waals surface area contributed by atoms with E-state index in [-0.39, 0.29) is 11.4 Å². The SMILES string of the molecule is Cc1cc(F)ccc1CCNc1ccc(C(=O)O)cc1Cl. The number of carboxylic acid groups (broad SMARTS) is 1. The summed E-state index contributed by atoms with van der Waals surface area (Å²) in [7, 11) is 0. The molecule has 0 bridgehead atoms. The molecule has 0 radical (unpaired) electrons. The smallest absolute Gasteiger partial charge is 0.335 e. The molecular weight excluding hydrogens is 293 g/mol. The van der Waals surface area contributed by atoms with Crippen molar-refractivity contribution in [3.63, 3.8) is 0 Å². The lowest BCUT2D eigenvalue weighted by Crippen LogP contribution is -2.07. The number of hydrogen-bond donors (Lipinski definition) is 2. The number of carboxylic acids is 1. The fourth-order valence-electron chi connectivity index (χ4n) is 2.06. The molecule has 0 amide bonds. The molecule has 0 aliphatic rings.